The van der Waals surface area contributed by atoms with Crippen LogP contribution in [-0.2, 0) is 0 Å². The molecule has 5 heteroatoms. The molecule has 0 bridgehead atoms. The van der Waals surface area contributed by atoms with Gasteiger partial charge in [-0.05, 0) is 48.5 Å². The van der Waals surface area contributed by atoms with E-state index < -0.39 is 8.60 Å². The first-order chi connectivity index (χ1) is 11.3. The van der Waals surface area contributed by atoms with E-state index in [9.17, 15) is 0 Å². The molecule has 0 saturated carbocycles. The second kappa shape index (κ2) is 8.00. The first-order valence-electron chi connectivity index (χ1n) is 6.99. The van der Waals surface area contributed by atoms with Crippen LogP contribution in [0.5, 0.6) is 17.2 Å². The smallest absolute Gasteiger partial charge is 0.409 e. The van der Waals surface area contributed by atoms with E-state index in [0.717, 1.165) is 4.47 Å². The maximum absolute atomic E-state index is 5.88. The van der Waals surface area contributed by atoms with E-state index >= 15 is 0 Å². The molecule has 0 aliphatic rings. The Bertz CT molecular complexity index is 679. The van der Waals surface area contributed by atoms with Crippen molar-refractivity contribution in [1.82, 2.24) is 0 Å². The molecule has 0 N–H and O–H groups in total. The van der Waals surface area contributed by atoms with Crippen LogP contribution in [0.25, 0.3) is 0 Å². The lowest BCUT2D eigenvalue weighted by Crippen LogP contribution is -2.02. The first-order valence-corrected chi connectivity index (χ1v) is 8.88. The summed E-state index contributed by atoms with van der Waals surface area (Å²) in [5.41, 5.74) is 0. The molecule has 3 aromatic carbocycles. The van der Waals surface area contributed by atoms with Gasteiger partial charge in [0.05, 0.1) is 0 Å². The fourth-order valence-corrected chi connectivity index (χ4v) is 3.03. The normalized spacial score (nSPS) is 10.3. The van der Waals surface area contributed by atoms with Gasteiger partial charge in [-0.2, -0.15) is 0 Å². The lowest BCUT2D eigenvalue weighted by molar-refractivity contribution is 0.388. The summed E-state index contributed by atoms with van der Waals surface area (Å²) < 4.78 is 18.6. The fraction of sp³-hybridized carbons (Fsp3) is 0. The van der Waals surface area contributed by atoms with Crippen molar-refractivity contribution in [3.05, 3.63) is 89.4 Å². The molecule has 0 amide bonds. The van der Waals surface area contributed by atoms with Crippen molar-refractivity contribution < 1.29 is 13.6 Å². The van der Waals surface area contributed by atoms with E-state index in [1.54, 1.807) is 0 Å². The van der Waals surface area contributed by atoms with Crippen LogP contribution in [0.3, 0.4) is 0 Å². The average Bonchev–Trinajstić information content (AvgIpc) is 2.59. The minimum absolute atomic E-state index is 0.686. The quantitative estimate of drug-likeness (QED) is 0.469. The van der Waals surface area contributed by atoms with Crippen LogP contribution in [0.1, 0.15) is 0 Å². The summed E-state index contributed by atoms with van der Waals surface area (Å²) in [5.74, 6) is 2.09. The van der Waals surface area contributed by atoms with Crippen molar-refractivity contribution in [3.8, 4) is 17.2 Å². The van der Waals surface area contributed by atoms with Crippen molar-refractivity contribution >= 4 is 24.5 Å². The standard InChI is InChI=1S/C18H14BrO3P/c19-15-11-13-18(14-12-15)22-23(20-16-7-3-1-4-8-16)21-17-9-5-2-6-10-17/h1-14H. The van der Waals surface area contributed by atoms with Gasteiger partial charge in [0.1, 0.15) is 17.2 Å². The number of para-hydroxylation sites is 2. The van der Waals surface area contributed by atoms with E-state index in [1.807, 2.05) is 84.9 Å². The molecule has 3 nitrogen and oxygen atoms in total. The Morgan fingerprint density at radius 2 is 0.913 bits per heavy atom. The number of rotatable bonds is 6. The van der Waals surface area contributed by atoms with Gasteiger partial charge in [0.2, 0.25) is 0 Å². The van der Waals surface area contributed by atoms with Gasteiger partial charge in [0, 0.05) is 4.47 Å². The van der Waals surface area contributed by atoms with Crippen LogP contribution in [-0.4, -0.2) is 0 Å². The highest BCUT2D eigenvalue weighted by Crippen LogP contribution is 2.42. The van der Waals surface area contributed by atoms with E-state index in [0.29, 0.717) is 17.2 Å². The first kappa shape index (κ1) is 15.9. The van der Waals surface area contributed by atoms with Crippen molar-refractivity contribution in [3.63, 3.8) is 0 Å². The van der Waals surface area contributed by atoms with Crippen LogP contribution in [0.15, 0.2) is 89.4 Å². The molecule has 0 unspecified atom stereocenters. The molecule has 23 heavy (non-hydrogen) atoms. The highest BCUT2D eigenvalue weighted by atomic mass is 79.9. The minimum Gasteiger partial charge on any atom is -0.409 e. The molecule has 0 aliphatic carbocycles. The lowest BCUT2D eigenvalue weighted by Gasteiger charge is -2.17. The van der Waals surface area contributed by atoms with Crippen LogP contribution >= 0.6 is 24.5 Å². The zero-order valence-electron chi connectivity index (χ0n) is 12.1. The second-order valence-corrected chi connectivity index (χ2v) is 6.49. The lowest BCUT2D eigenvalue weighted by atomic mass is 10.3. The largest absolute Gasteiger partial charge is 0.530 e. The summed E-state index contributed by atoms with van der Waals surface area (Å²) in [6, 6.07) is 26.5. The monoisotopic (exact) mass is 388 g/mol. The van der Waals surface area contributed by atoms with Crippen LogP contribution < -0.4 is 13.6 Å². The second-order valence-electron chi connectivity index (χ2n) is 4.58. The van der Waals surface area contributed by atoms with Crippen molar-refractivity contribution in [2.45, 2.75) is 0 Å². The minimum atomic E-state index is -1.61. The summed E-state index contributed by atoms with van der Waals surface area (Å²) in [4.78, 5) is 0. The van der Waals surface area contributed by atoms with Gasteiger partial charge in [0.15, 0.2) is 0 Å². The molecular weight excluding hydrogens is 375 g/mol. The zero-order chi connectivity index (χ0) is 15.9. The number of halogens is 1. The third-order valence-corrected chi connectivity index (χ3v) is 4.45. The molecule has 3 rings (SSSR count). The van der Waals surface area contributed by atoms with Gasteiger partial charge in [-0.3, -0.25) is 0 Å². The molecule has 116 valence electrons. The summed E-state index contributed by atoms with van der Waals surface area (Å²) in [6.45, 7) is 0. The van der Waals surface area contributed by atoms with Crippen LogP contribution in [0.4, 0.5) is 0 Å². The van der Waals surface area contributed by atoms with Crippen LogP contribution in [0.2, 0.25) is 0 Å². The number of hydrogen-bond donors (Lipinski definition) is 0. The Kier molecular flexibility index (Phi) is 5.51. The van der Waals surface area contributed by atoms with Gasteiger partial charge in [-0.1, -0.05) is 52.3 Å². The summed E-state index contributed by atoms with van der Waals surface area (Å²) in [5, 5.41) is 0. The van der Waals surface area contributed by atoms with E-state index in [1.165, 1.54) is 0 Å². The fourth-order valence-electron chi connectivity index (χ4n) is 1.77. The average molecular weight is 389 g/mol. The van der Waals surface area contributed by atoms with Gasteiger partial charge in [0.25, 0.3) is 0 Å². The Balaban J connectivity index is 1.76. The predicted octanol–water partition coefficient (Wildman–Crippen LogP) is 6.21. The van der Waals surface area contributed by atoms with Gasteiger partial charge in [-0.25, -0.2) is 0 Å². The van der Waals surface area contributed by atoms with Gasteiger partial charge < -0.3 is 13.6 Å². The molecule has 0 heterocycles. The molecule has 0 fully saturated rings. The Morgan fingerprint density at radius 3 is 1.35 bits per heavy atom. The van der Waals surface area contributed by atoms with E-state index in [4.69, 9.17) is 13.6 Å². The maximum atomic E-state index is 5.88. The molecule has 0 aliphatic heterocycles. The molecule has 0 aromatic heterocycles. The topological polar surface area (TPSA) is 27.7 Å². The Morgan fingerprint density at radius 1 is 0.522 bits per heavy atom. The third-order valence-electron chi connectivity index (χ3n) is 2.84. The van der Waals surface area contributed by atoms with Crippen molar-refractivity contribution in [2.75, 3.05) is 0 Å². The maximum Gasteiger partial charge on any atom is 0.530 e. The van der Waals surface area contributed by atoms with Gasteiger partial charge in [-0.15, -0.1) is 0 Å². The van der Waals surface area contributed by atoms with E-state index in [-0.39, 0.29) is 0 Å². The molecular formula is C18H14BrO3P. The third kappa shape index (κ3) is 4.98. The number of benzene rings is 3. The Hall–Kier alpha value is -2.03. The van der Waals surface area contributed by atoms with Crippen molar-refractivity contribution in [1.29, 1.82) is 0 Å². The predicted molar refractivity (Wildman–Crippen MR) is 95.8 cm³/mol. The summed E-state index contributed by atoms with van der Waals surface area (Å²) in [6.07, 6.45) is 0. The zero-order valence-corrected chi connectivity index (χ0v) is 14.6. The highest BCUT2D eigenvalue weighted by Gasteiger charge is 2.19. The molecule has 0 atom stereocenters. The molecule has 3 aromatic rings. The van der Waals surface area contributed by atoms with Gasteiger partial charge >= 0.3 is 8.60 Å². The molecule has 0 radical (unpaired) electrons. The Labute approximate surface area is 145 Å². The SMILES string of the molecule is Brc1ccc(OP(Oc2ccccc2)Oc2ccccc2)cc1. The molecule has 0 saturated heterocycles. The van der Waals surface area contributed by atoms with Crippen LogP contribution in [0, 0.1) is 0 Å². The van der Waals surface area contributed by atoms with Crippen molar-refractivity contribution in [2.24, 2.45) is 0 Å². The molecule has 0 spiro atoms. The summed E-state index contributed by atoms with van der Waals surface area (Å²) in [7, 11) is -1.61. The summed E-state index contributed by atoms with van der Waals surface area (Å²) >= 11 is 3.41. The highest BCUT2D eigenvalue weighted by molar-refractivity contribution is 9.10. The number of hydrogen-bond acceptors (Lipinski definition) is 3. The van der Waals surface area contributed by atoms with E-state index in [2.05, 4.69) is 15.9 Å².